The summed E-state index contributed by atoms with van der Waals surface area (Å²) < 4.78 is 27.5. The molecule has 0 spiro atoms. The first kappa shape index (κ1) is 14.7. The van der Waals surface area contributed by atoms with Crippen LogP contribution >= 0.6 is 22.7 Å². The van der Waals surface area contributed by atoms with Gasteiger partial charge in [0, 0.05) is 9.75 Å². The van der Waals surface area contributed by atoms with Crippen LogP contribution in [-0.4, -0.2) is 15.0 Å². The Bertz CT molecular complexity index is 617. The molecule has 1 atom stereocenters. The summed E-state index contributed by atoms with van der Waals surface area (Å²) in [6.45, 7) is 2.37. The average molecular weight is 316 g/mol. The maximum atomic E-state index is 12.2. The van der Waals surface area contributed by atoms with Crippen LogP contribution in [0.15, 0.2) is 33.9 Å². The molecule has 0 aliphatic rings. The van der Waals surface area contributed by atoms with Crippen LogP contribution in [0.4, 0.5) is 0 Å². The predicted molar refractivity (Wildman–Crippen MR) is 80.1 cm³/mol. The van der Waals surface area contributed by atoms with E-state index in [0.29, 0.717) is 17.2 Å². The molecule has 3 N–H and O–H groups in total. The van der Waals surface area contributed by atoms with E-state index in [1.807, 2.05) is 30.5 Å². The van der Waals surface area contributed by atoms with Gasteiger partial charge in [0.1, 0.15) is 4.21 Å². The van der Waals surface area contributed by atoms with Crippen LogP contribution in [0.3, 0.4) is 0 Å². The van der Waals surface area contributed by atoms with Gasteiger partial charge in [0.05, 0.1) is 6.04 Å². The number of rotatable bonds is 6. The smallest absolute Gasteiger partial charge is 0.250 e. The van der Waals surface area contributed by atoms with Crippen molar-refractivity contribution in [2.24, 2.45) is 5.73 Å². The third-order valence-electron chi connectivity index (χ3n) is 2.59. The van der Waals surface area contributed by atoms with Gasteiger partial charge in [-0.05, 0) is 43.5 Å². The Hall–Kier alpha value is -0.730. The molecule has 0 amide bonds. The van der Waals surface area contributed by atoms with Crippen LogP contribution in [0.5, 0.6) is 0 Å². The van der Waals surface area contributed by atoms with Gasteiger partial charge in [-0.2, -0.15) is 0 Å². The molecule has 0 saturated carbocycles. The minimum atomic E-state index is -3.45. The van der Waals surface area contributed by atoms with Gasteiger partial charge in [-0.15, -0.1) is 22.7 Å². The van der Waals surface area contributed by atoms with Gasteiger partial charge in [-0.1, -0.05) is 6.07 Å². The zero-order valence-corrected chi connectivity index (χ0v) is 12.9. The molecule has 104 valence electrons. The maximum absolute atomic E-state index is 12.2. The molecule has 0 aliphatic heterocycles. The van der Waals surface area contributed by atoms with Crippen LogP contribution in [0.25, 0.3) is 0 Å². The van der Waals surface area contributed by atoms with Crippen molar-refractivity contribution in [1.29, 1.82) is 0 Å². The Morgan fingerprint density at radius 2 is 2.16 bits per heavy atom. The van der Waals surface area contributed by atoms with Gasteiger partial charge in [-0.25, -0.2) is 13.1 Å². The second kappa shape index (κ2) is 6.15. The number of hydrogen-bond acceptors (Lipinski definition) is 5. The molecule has 7 heteroatoms. The highest BCUT2D eigenvalue weighted by Gasteiger charge is 2.20. The second-order valence-electron chi connectivity index (χ2n) is 4.12. The molecule has 2 heterocycles. The molecule has 0 fully saturated rings. The number of nitrogens with two attached hydrogens (primary N) is 1. The predicted octanol–water partition coefficient (Wildman–Crippen LogP) is 2.35. The highest BCUT2D eigenvalue weighted by molar-refractivity contribution is 7.91. The summed E-state index contributed by atoms with van der Waals surface area (Å²) in [5.74, 6) is 0. The summed E-state index contributed by atoms with van der Waals surface area (Å²) in [4.78, 5) is 1.99. The van der Waals surface area contributed by atoms with E-state index in [0.717, 1.165) is 9.75 Å². The SMILES string of the molecule is CC(NS(=O)(=O)c1ccc(CCN)s1)c1cccs1. The van der Waals surface area contributed by atoms with Crippen molar-refractivity contribution in [2.75, 3.05) is 6.54 Å². The molecule has 4 nitrogen and oxygen atoms in total. The topological polar surface area (TPSA) is 72.2 Å². The van der Waals surface area contributed by atoms with Crippen LogP contribution in [0, 0.1) is 0 Å². The fourth-order valence-electron chi connectivity index (χ4n) is 1.67. The first-order valence-corrected chi connectivity index (χ1v) is 9.05. The van der Waals surface area contributed by atoms with Crippen molar-refractivity contribution < 1.29 is 8.42 Å². The number of sulfonamides is 1. The van der Waals surface area contributed by atoms with Gasteiger partial charge in [0.15, 0.2) is 0 Å². The first-order chi connectivity index (χ1) is 9.03. The Kier molecular flexibility index (Phi) is 4.75. The summed E-state index contributed by atoms with van der Waals surface area (Å²) in [5.41, 5.74) is 5.47. The normalized spacial score (nSPS) is 13.6. The minimum Gasteiger partial charge on any atom is -0.330 e. The standard InChI is InChI=1S/C12H16N2O2S3/c1-9(11-3-2-8-17-11)14-19(15,16)12-5-4-10(18-12)6-7-13/h2-5,8-9,14H,6-7,13H2,1H3. The monoisotopic (exact) mass is 316 g/mol. The van der Waals surface area contributed by atoms with Crippen molar-refractivity contribution in [1.82, 2.24) is 4.72 Å². The largest absolute Gasteiger partial charge is 0.330 e. The van der Waals surface area contributed by atoms with E-state index in [2.05, 4.69) is 4.72 Å². The Balaban J connectivity index is 2.13. The van der Waals surface area contributed by atoms with Crippen LogP contribution in [0.1, 0.15) is 22.7 Å². The van der Waals surface area contributed by atoms with E-state index in [1.165, 1.54) is 11.3 Å². The fourth-order valence-corrected chi connectivity index (χ4v) is 5.09. The molecule has 0 radical (unpaired) electrons. The highest BCUT2D eigenvalue weighted by atomic mass is 32.2. The van der Waals surface area contributed by atoms with Gasteiger partial charge in [0.2, 0.25) is 0 Å². The second-order valence-corrected chi connectivity index (χ2v) is 8.21. The molecule has 1 unspecified atom stereocenters. The Morgan fingerprint density at radius 1 is 1.37 bits per heavy atom. The summed E-state index contributed by atoms with van der Waals surface area (Å²) in [5, 5.41) is 1.94. The molecule has 0 aromatic carbocycles. The molecule has 2 aromatic rings. The third-order valence-corrected chi connectivity index (χ3v) is 6.83. The van der Waals surface area contributed by atoms with Gasteiger partial charge in [0.25, 0.3) is 10.0 Å². The maximum Gasteiger partial charge on any atom is 0.250 e. The van der Waals surface area contributed by atoms with E-state index in [1.54, 1.807) is 17.4 Å². The number of hydrogen-bond donors (Lipinski definition) is 2. The van der Waals surface area contributed by atoms with E-state index < -0.39 is 10.0 Å². The summed E-state index contributed by atoms with van der Waals surface area (Å²) >= 11 is 2.82. The van der Waals surface area contributed by atoms with Crippen molar-refractivity contribution in [3.8, 4) is 0 Å². The molecular formula is C12H16N2O2S3. The lowest BCUT2D eigenvalue weighted by atomic mass is 10.3. The van der Waals surface area contributed by atoms with Crippen molar-refractivity contribution >= 4 is 32.7 Å². The lowest BCUT2D eigenvalue weighted by molar-refractivity contribution is 0.570. The summed E-state index contributed by atoms with van der Waals surface area (Å²) in [6.07, 6.45) is 0.709. The summed E-state index contributed by atoms with van der Waals surface area (Å²) in [7, 11) is -3.45. The average Bonchev–Trinajstić information content (AvgIpc) is 2.99. The van der Waals surface area contributed by atoms with Crippen LogP contribution in [0.2, 0.25) is 0 Å². The van der Waals surface area contributed by atoms with E-state index in [4.69, 9.17) is 5.73 Å². The zero-order valence-electron chi connectivity index (χ0n) is 10.5. The molecule has 19 heavy (non-hydrogen) atoms. The number of thiophene rings is 2. The molecule has 2 rings (SSSR count). The quantitative estimate of drug-likeness (QED) is 0.859. The van der Waals surface area contributed by atoms with Crippen molar-refractivity contribution in [2.45, 2.75) is 23.6 Å². The highest BCUT2D eigenvalue weighted by Crippen LogP contribution is 2.25. The van der Waals surface area contributed by atoms with Crippen molar-refractivity contribution in [3.05, 3.63) is 39.4 Å². The van der Waals surface area contributed by atoms with Gasteiger partial charge in [-0.3, -0.25) is 0 Å². The van der Waals surface area contributed by atoms with E-state index in [-0.39, 0.29) is 6.04 Å². The van der Waals surface area contributed by atoms with E-state index >= 15 is 0 Å². The van der Waals surface area contributed by atoms with E-state index in [9.17, 15) is 8.42 Å². The lowest BCUT2D eigenvalue weighted by Gasteiger charge is -2.11. The van der Waals surface area contributed by atoms with Gasteiger partial charge >= 0.3 is 0 Å². The minimum absolute atomic E-state index is 0.218. The van der Waals surface area contributed by atoms with Crippen LogP contribution < -0.4 is 10.5 Å². The lowest BCUT2D eigenvalue weighted by Crippen LogP contribution is -2.25. The Morgan fingerprint density at radius 3 is 2.79 bits per heavy atom. The molecule has 0 bridgehead atoms. The summed E-state index contributed by atoms with van der Waals surface area (Å²) in [6, 6.07) is 7.08. The fraction of sp³-hybridized carbons (Fsp3) is 0.333. The van der Waals surface area contributed by atoms with Gasteiger partial charge < -0.3 is 5.73 Å². The molecule has 0 aliphatic carbocycles. The molecule has 0 saturated heterocycles. The molecule has 2 aromatic heterocycles. The molecular weight excluding hydrogens is 300 g/mol. The zero-order chi connectivity index (χ0) is 13.9. The van der Waals surface area contributed by atoms with Crippen LogP contribution in [-0.2, 0) is 16.4 Å². The Labute approximate surface area is 121 Å². The number of nitrogens with one attached hydrogen (secondary N) is 1. The third kappa shape index (κ3) is 3.64. The van der Waals surface area contributed by atoms with Crippen molar-refractivity contribution in [3.63, 3.8) is 0 Å². The first-order valence-electron chi connectivity index (χ1n) is 5.87.